The molecule has 1 amide bonds. The van der Waals surface area contributed by atoms with Crippen LogP contribution in [-0.4, -0.2) is 35.5 Å². The van der Waals surface area contributed by atoms with Gasteiger partial charge in [-0.15, -0.1) is 0 Å². The molecule has 2 aliphatic heterocycles. The largest absolute Gasteiger partial charge is 0.360 e. The lowest BCUT2D eigenvalue weighted by atomic mass is 10.1. The molecule has 0 radical (unpaired) electrons. The first-order valence-corrected chi connectivity index (χ1v) is 5.86. The van der Waals surface area contributed by atoms with Crippen LogP contribution in [0.25, 0.3) is 0 Å². The van der Waals surface area contributed by atoms with E-state index in [-0.39, 0.29) is 5.91 Å². The van der Waals surface area contributed by atoms with Crippen molar-refractivity contribution in [1.82, 2.24) is 10.6 Å². The average molecular weight is 213 g/mol. The Bertz CT molecular complexity index is 257. The SMILES string of the molecule is CC1CN=C(NC2CCC(=O)NC2)S1. The zero-order valence-electron chi connectivity index (χ0n) is 8.25. The van der Waals surface area contributed by atoms with Gasteiger partial charge in [0.2, 0.25) is 5.91 Å². The highest BCUT2D eigenvalue weighted by atomic mass is 32.2. The van der Waals surface area contributed by atoms with E-state index in [0.29, 0.717) is 17.7 Å². The Hall–Kier alpha value is -0.710. The molecule has 2 atom stereocenters. The third kappa shape index (κ3) is 2.41. The molecule has 2 aliphatic rings. The minimum atomic E-state index is 0.164. The molecular weight excluding hydrogens is 198 g/mol. The molecule has 1 fully saturated rings. The maximum absolute atomic E-state index is 10.9. The number of rotatable bonds is 1. The van der Waals surface area contributed by atoms with E-state index < -0.39 is 0 Å². The van der Waals surface area contributed by atoms with Crippen LogP contribution in [0, 0.1) is 0 Å². The van der Waals surface area contributed by atoms with Crippen LogP contribution in [0.15, 0.2) is 4.99 Å². The van der Waals surface area contributed by atoms with Crippen LogP contribution in [0.2, 0.25) is 0 Å². The van der Waals surface area contributed by atoms with Gasteiger partial charge < -0.3 is 10.6 Å². The molecule has 2 N–H and O–H groups in total. The highest BCUT2D eigenvalue weighted by Crippen LogP contribution is 2.19. The number of hydrogen-bond acceptors (Lipinski definition) is 4. The summed E-state index contributed by atoms with van der Waals surface area (Å²) in [6.45, 7) is 3.81. The van der Waals surface area contributed by atoms with E-state index in [1.165, 1.54) is 0 Å². The van der Waals surface area contributed by atoms with Crippen molar-refractivity contribution in [3.8, 4) is 0 Å². The lowest BCUT2D eigenvalue weighted by Gasteiger charge is -2.23. The number of piperidine rings is 1. The van der Waals surface area contributed by atoms with Crippen molar-refractivity contribution in [1.29, 1.82) is 0 Å². The van der Waals surface area contributed by atoms with Crippen molar-refractivity contribution < 1.29 is 4.79 Å². The number of nitrogens with zero attached hydrogens (tertiary/aromatic N) is 1. The van der Waals surface area contributed by atoms with E-state index >= 15 is 0 Å². The van der Waals surface area contributed by atoms with Crippen LogP contribution < -0.4 is 10.6 Å². The Morgan fingerprint density at radius 3 is 3.07 bits per heavy atom. The predicted molar refractivity (Wildman–Crippen MR) is 58.5 cm³/mol. The summed E-state index contributed by atoms with van der Waals surface area (Å²) in [6, 6.07) is 0.365. The number of nitrogens with one attached hydrogen (secondary N) is 2. The molecular formula is C9H15N3OS. The van der Waals surface area contributed by atoms with Crippen LogP contribution in [0.1, 0.15) is 19.8 Å². The molecule has 2 heterocycles. The summed E-state index contributed by atoms with van der Waals surface area (Å²) in [4.78, 5) is 15.3. The van der Waals surface area contributed by atoms with Gasteiger partial charge in [-0.25, -0.2) is 0 Å². The zero-order valence-corrected chi connectivity index (χ0v) is 9.06. The molecule has 0 bridgehead atoms. The van der Waals surface area contributed by atoms with Crippen LogP contribution in [0.3, 0.4) is 0 Å². The molecule has 0 aromatic heterocycles. The van der Waals surface area contributed by atoms with Crippen LogP contribution in [0.5, 0.6) is 0 Å². The van der Waals surface area contributed by atoms with E-state index in [0.717, 1.165) is 24.7 Å². The number of amidine groups is 1. The molecule has 0 aromatic carbocycles. The molecule has 0 spiro atoms. The van der Waals surface area contributed by atoms with Gasteiger partial charge in [-0.05, 0) is 6.42 Å². The molecule has 78 valence electrons. The van der Waals surface area contributed by atoms with E-state index in [1.807, 2.05) is 0 Å². The molecule has 2 rings (SSSR count). The lowest BCUT2D eigenvalue weighted by molar-refractivity contribution is -0.122. The summed E-state index contributed by atoms with van der Waals surface area (Å²) in [5, 5.41) is 7.85. The molecule has 14 heavy (non-hydrogen) atoms. The number of carbonyl (C=O) groups excluding carboxylic acids is 1. The first-order valence-electron chi connectivity index (χ1n) is 4.98. The van der Waals surface area contributed by atoms with Crippen molar-refractivity contribution in [3.05, 3.63) is 0 Å². The van der Waals surface area contributed by atoms with Gasteiger partial charge in [-0.2, -0.15) is 0 Å². The number of hydrogen-bond donors (Lipinski definition) is 2. The maximum atomic E-state index is 10.9. The Morgan fingerprint density at radius 1 is 1.64 bits per heavy atom. The number of amides is 1. The Labute approximate surface area is 87.9 Å². The molecule has 0 saturated carbocycles. The van der Waals surface area contributed by atoms with Gasteiger partial charge in [0.1, 0.15) is 0 Å². The zero-order chi connectivity index (χ0) is 9.97. The highest BCUT2D eigenvalue weighted by Gasteiger charge is 2.21. The van der Waals surface area contributed by atoms with Crippen LogP contribution in [0.4, 0.5) is 0 Å². The van der Waals surface area contributed by atoms with E-state index in [9.17, 15) is 4.79 Å². The average Bonchev–Trinajstić information content (AvgIpc) is 2.56. The summed E-state index contributed by atoms with van der Waals surface area (Å²) >= 11 is 1.79. The first kappa shape index (κ1) is 9.83. The van der Waals surface area contributed by atoms with E-state index in [1.54, 1.807) is 11.8 Å². The number of aliphatic imine (C=N–C) groups is 1. The van der Waals surface area contributed by atoms with Gasteiger partial charge in [0.05, 0.1) is 6.54 Å². The predicted octanol–water partition coefficient (Wildman–Crippen LogP) is 0.346. The molecule has 4 nitrogen and oxygen atoms in total. The second-order valence-corrected chi connectivity index (χ2v) is 5.19. The minimum Gasteiger partial charge on any atom is -0.360 e. The fourth-order valence-corrected chi connectivity index (χ4v) is 2.50. The van der Waals surface area contributed by atoms with Gasteiger partial charge in [0, 0.05) is 24.3 Å². The van der Waals surface area contributed by atoms with Gasteiger partial charge in [0.25, 0.3) is 0 Å². The summed E-state index contributed by atoms with van der Waals surface area (Å²) in [6.07, 6.45) is 1.55. The standard InChI is InChI=1S/C9H15N3OS/c1-6-4-11-9(14-6)12-7-2-3-8(13)10-5-7/h6-7H,2-5H2,1H3,(H,10,13)(H,11,12). The second kappa shape index (κ2) is 4.21. The van der Waals surface area contributed by atoms with E-state index in [4.69, 9.17) is 0 Å². The molecule has 0 aliphatic carbocycles. The number of thioether (sulfide) groups is 1. The molecule has 1 saturated heterocycles. The van der Waals surface area contributed by atoms with Crippen molar-refractivity contribution in [2.24, 2.45) is 4.99 Å². The van der Waals surface area contributed by atoms with Crippen molar-refractivity contribution >= 4 is 22.8 Å². The second-order valence-electron chi connectivity index (χ2n) is 3.76. The normalized spacial score (nSPS) is 32.4. The maximum Gasteiger partial charge on any atom is 0.220 e. The Balaban J connectivity index is 1.78. The summed E-state index contributed by atoms with van der Waals surface area (Å²) in [5.74, 6) is 0.164. The fraction of sp³-hybridized carbons (Fsp3) is 0.778. The topological polar surface area (TPSA) is 53.5 Å². The van der Waals surface area contributed by atoms with Crippen molar-refractivity contribution in [2.45, 2.75) is 31.1 Å². The third-order valence-corrected chi connectivity index (χ3v) is 3.42. The van der Waals surface area contributed by atoms with Gasteiger partial charge in [0.15, 0.2) is 5.17 Å². The van der Waals surface area contributed by atoms with Crippen molar-refractivity contribution in [3.63, 3.8) is 0 Å². The first-order chi connectivity index (χ1) is 6.74. The quantitative estimate of drug-likeness (QED) is 0.660. The van der Waals surface area contributed by atoms with Gasteiger partial charge in [-0.1, -0.05) is 18.7 Å². The molecule has 0 aromatic rings. The lowest BCUT2D eigenvalue weighted by Crippen LogP contribution is -2.46. The Kier molecular flexibility index (Phi) is 2.96. The Morgan fingerprint density at radius 2 is 2.50 bits per heavy atom. The third-order valence-electron chi connectivity index (χ3n) is 2.40. The monoisotopic (exact) mass is 213 g/mol. The smallest absolute Gasteiger partial charge is 0.220 e. The van der Waals surface area contributed by atoms with Gasteiger partial charge >= 0.3 is 0 Å². The van der Waals surface area contributed by atoms with Crippen molar-refractivity contribution in [2.75, 3.05) is 13.1 Å². The minimum absolute atomic E-state index is 0.164. The van der Waals surface area contributed by atoms with Crippen LogP contribution >= 0.6 is 11.8 Å². The van der Waals surface area contributed by atoms with Crippen LogP contribution in [-0.2, 0) is 4.79 Å². The van der Waals surface area contributed by atoms with E-state index in [2.05, 4.69) is 22.5 Å². The fourth-order valence-electron chi connectivity index (χ4n) is 1.59. The van der Waals surface area contributed by atoms with Gasteiger partial charge in [-0.3, -0.25) is 9.79 Å². The summed E-state index contributed by atoms with van der Waals surface area (Å²) in [5.41, 5.74) is 0. The molecule has 2 unspecified atom stereocenters. The number of carbonyl (C=O) groups is 1. The highest BCUT2D eigenvalue weighted by molar-refractivity contribution is 8.14. The summed E-state index contributed by atoms with van der Waals surface area (Å²) < 4.78 is 0. The summed E-state index contributed by atoms with van der Waals surface area (Å²) in [7, 11) is 0. The molecule has 5 heteroatoms.